The van der Waals surface area contributed by atoms with E-state index in [-0.39, 0.29) is 16.6 Å². The number of anilines is 1. The second kappa shape index (κ2) is 9.67. The summed E-state index contributed by atoms with van der Waals surface area (Å²) in [6.07, 6.45) is 3.17. The molecule has 0 radical (unpaired) electrons. The minimum Gasteiger partial charge on any atom is -0.494 e. The van der Waals surface area contributed by atoms with Gasteiger partial charge in [0.05, 0.1) is 22.4 Å². The summed E-state index contributed by atoms with van der Waals surface area (Å²) in [5, 5.41) is 25.6. The zero-order chi connectivity index (χ0) is 26.3. The van der Waals surface area contributed by atoms with Gasteiger partial charge in [-0.05, 0) is 104 Å². The van der Waals surface area contributed by atoms with Crippen molar-refractivity contribution in [2.45, 2.75) is 26.2 Å². The maximum atomic E-state index is 14.3. The number of hydrogen-bond acceptors (Lipinski definition) is 4. The number of halogens is 1. The van der Waals surface area contributed by atoms with Crippen LogP contribution in [0.1, 0.15) is 40.4 Å². The summed E-state index contributed by atoms with van der Waals surface area (Å²) >= 11 is 5.45. The molecule has 0 atom stereocenters. The number of aromatic hydroxyl groups is 1. The van der Waals surface area contributed by atoms with Crippen molar-refractivity contribution in [2.24, 2.45) is 5.10 Å². The fourth-order valence-corrected chi connectivity index (χ4v) is 4.92. The van der Waals surface area contributed by atoms with Crippen LogP contribution in [-0.2, 0) is 12.8 Å². The third kappa shape index (κ3) is 4.53. The fraction of sp³-hybridized carbons (Fsp3) is 0.179. The Hall–Kier alpha value is -4.24. The number of hydrogen-bond donors (Lipinski definition) is 3. The van der Waals surface area contributed by atoms with Gasteiger partial charge in [0.15, 0.2) is 5.11 Å². The number of aryl methyl sites for hydroxylation is 2. The zero-order valence-corrected chi connectivity index (χ0v) is 21.1. The molecule has 1 heterocycles. The van der Waals surface area contributed by atoms with Crippen molar-refractivity contribution in [3.63, 3.8) is 0 Å². The normalized spacial score (nSPS) is 13.0. The Labute approximate surface area is 218 Å². The second-order valence-corrected chi connectivity index (χ2v) is 9.41. The average Bonchev–Trinajstić information content (AvgIpc) is 3.47. The van der Waals surface area contributed by atoms with Crippen LogP contribution in [0.4, 0.5) is 10.1 Å². The van der Waals surface area contributed by atoms with Crippen molar-refractivity contribution < 1.29 is 19.4 Å². The first-order chi connectivity index (χ1) is 17.7. The fourth-order valence-electron chi connectivity index (χ4n) is 4.77. The molecule has 0 amide bonds. The van der Waals surface area contributed by atoms with Crippen LogP contribution in [0, 0.1) is 5.82 Å². The molecular formula is C28H25FN4O3S. The summed E-state index contributed by atoms with van der Waals surface area (Å²) in [6.45, 7) is 1.71. The predicted octanol–water partition coefficient (Wildman–Crippen LogP) is 5.40. The van der Waals surface area contributed by atoms with E-state index in [4.69, 9.17) is 17.3 Å². The predicted molar refractivity (Wildman–Crippen MR) is 147 cm³/mol. The molecule has 1 aliphatic rings. The molecule has 0 fully saturated rings. The lowest BCUT2D eigenvalue weighted by Crippen LogP contribution is -2.34. The number of carboxylic acid groups (broad SMARTS) is 1. The first-order valence-electron chi connectivity index (χ1n) is 11.8. The molecule has 0 saturated heterocycles. The first-order valence-corrected chi connectivity index (χ1v) is 12.2. The lowest BCUT2D eigenvalue weighted by Gasteiger charge is -2.19. The molecular weight excluding hydrogens is 491 g/mol. The average molecular weight is 517 g/mol. The maximum absolute atomic E-state index is 14.3. The Morgan fingerprint density at radius 3 is 2.54 bits per heavy atom. The standard InChI is InChI=1S/C28H25FN4O3S/c1-16(30-31-28(37)32(2)21-10-7-18(8-11-21)27(35)36)25-23-15-20(29)9-13-24(23)33(26(25)34)22-12-6-17-4-3-5-19(17)14-22/h6-15,34H,3-5H2,1-2H3,(H,31,37)(H,35,36). The topological polar surface area (TPSA) is 90.1 Å². The highest BCUT2D eigenvalue weighted by molar-refractivity contribution is 7.80. The molecule has 7 nitrogen and oxygen atoms in total. The molecule has 1 aromatic heterocycles. The van der Waals surface area contributed by atoms with Gasteiger partial charge < -0.3 is 15.1 Å². The summed E-state index contributed by atoms with van der Waals surface area (Å²) in [6, 6.07) is 16.8. The van der Waals surface area contributed by atoms with Crippen molar-refractivity contribution in [1.82, 2.24) is 9.99 Å². The van der Waals surface area contributed by atoms with Gasteiger partial charge in [-0.3, -0.25) is 9.99 Å². The van der Waals surface area contributed by atoms with Crippen LogP contribution in [-0.4, -0.2) is 38.6 Å². The van der Waals surface area contributed by atoms with Gasteiger partial charge in [0, 0.05) is 23.8 Å². The molecule has 4 aromatic rings. The van der Waals surface area contributed by atoms with E-state index in [0.717, 1.165) is 24.9 Å². The van der Waals surface area contributed by atoms with Crippen molar-refractivity contribution in [3.8, 4) is 11.6 Å². The maximum Gasteiger partial charge on any atom is 0.335 e. The molecule has 5 rings (SSSR count). The van der Waals surface area contributed by atoms with E-state index in [1.807, 2.05) is 6.07 Å². The summed E-state index contributed by atoms with van der Waals surface area (Å²) in [4.78, 5) is 12.7. The van der Waals surface area contributed by atoms with Crippen LogP contribution >= 0.6 is 12.2 Å². The number of aromatic nitrogens is 1. The molecule has 0 saturated carbocycles. The SMILES string of the molecule is CC(=NNC(=S)N(C)c1ccc(C(=O)O)cc1)c1c(O)n(-c2ccc3c(c2)CCC3)c2ccc(F)cc12. The first kappa shape index (κ1) is 24.5. The Balaban J connectivity index is 1.47. The molecule has 3 N–H and O–H groups in total. The number of carbonyl (C=O) groups is 1. The smallest absolute Gasteiger partial charge is 0.335 e. The van der Waals surface area contributed by atoms with E-state index in [1.165, 1.54) is 35.4 Å². The number of rotatable bonds is 5. The van der Waals surface area contributed by atoms with E-state index in [2.05, 4.69) is 22.7 Å². The molecule has 0 bridgehead atoms. The van der Waals surface area contributed by atoms with E-state index in [9.17, 15) is 14.3 Å². The van der Waals surface area contributed by atoms with E-state index in [1.54, 1.807) is 41.6 Å². The highest BCUT2D eigenvalue weighted by Crippen LogP contribution is 2.36. The highest BCUT2D eigenvalue weighted by Gasteiger charge is 2.22. The van der Waals surface area contributed by atoms with Crippen LogP contribution < -0.4 is 10.3 Å². The number of hydrazone groups is 1. The van der Waals surface area contributed by atoms with Crippen molar-refractivity contribution >= 4 is 45.6 Å². The molecule has 37 heavy (non-hydrogen) atoms. The van der Waals surface area contributed by atoms with Gasteiger partial charge in [-0.2, -0.15) is 5.10 Å². The summed E-state index contributed by atoms with van der Waals surface area (Å²) in [7, 11) is 1.72. The number of nitrogens with one attached hydrogen (secondary N) is 1. The van der Waals surface area contributed by atoms with E-state index in [0.29, 0.717) is 27.9 Å². The number of fused-ring (bicyclic) bond motifs is 2. The Kier molecular flexibility index (Phi) is 6.39. The Bertz CT molecular complexity index is 1580. The zero-order valence-electron chi connectivity index (χ0n) is 20.3. The van der Waals surface area contributed by atoms with Gasteiger partial charge in [0.25, 0.3) is 0 Å². The molecule has 0 spiro atoms. The number of benzene rings is 3. The number of aromatic carboxylic acids is 1. The van der Waals surface area contributed by atoms with Crippen LogP contribution in [0.3, 0.4) is 0 Å². The third-order valence-electron chi connectivity index (χ3n) is 6.73. The van der Waals surface area contributed by atoms with Gasteiger partial charge in [0.2, 0.25) is 5.88 Å². The molecule has 188 valence electrons. The quantitative estimate of drug-likeness (QED) is 0.187. The van der Waals surface area contributed by atoms with Crippen LogP contribution in [0.2, 0.25) is 0 Å². The minimum absolute atomic E-state index is 0.0369. The number of thiocarbonyl (C=S) groups is 1. The van der Waals surface area contributed by atoms with Gasteiger partial charge in [0.1, 0.15) is 5.82 Å². The lowest BCUT2D eigenvalue weighted by molar-refractivity contribution is 0.0697. The molecule has 9 heteroatoms. The molecule has 0 unspecified atom stereocenters. The highest BCUT2D eigenvalue weighted by atomic mass is 32.1. The van der Waals surface area contributed by atoms with Gasteiger partial charge >= 0.3 is 5.97 Å². The Morgan fingerprint density at radius 1 is 1.08 bits per heavy atom. The van der Waals surface area contributed by atoms with Crippen LogP contribution in [0.5, 0.6) is 5.88 Å². The van der Waals surface area contributed by atoms with Crippen molar-refractivity contribution in [3.05, 3.63) is 88.7 Å². The Morgan fingerprint density at radius 2 is 1.81 bits per heavy atom. The van der Waals surface area contributed by atoms with Crippen LogP contribution in [0.25, 0.3) is 16.6 Å². The van der Waals surface area contributed by atoms with E-state index >= 15 is 0 Å². The lowest BCUT2D eigenvalue weighted by atomic mass is 10.1. The monoisotopic (exact) mass is 516 g/mol. The van der Waals surface area contributed by atoms with Gasteiger partial charge in [-0.1, -0.05) is 6.07 Å². The van der Waals surface area contributed by atoms with Crippen molar-refractivity contribution in [1.29, 1.82) is 0 Å². The van der Waals surface area contributed by atoms with E-state index < -0.39 is 11.8 Å². The summed E-state index contributed by atoms with van der Waals surface area (Å²) < 4.78 is 16.0. The van der Waals surface area contributed by atoms with Crippen molar-refractivity contribution in [2.75, 3.05) is 11.9 Å². The summed E-state index contributed by atoms with van der Waals surface area (Å²) in [5.74, 6) is -1.46. The van der Waals surface area contributed by atoms with Crippen LogP contribution in [0.15, 0.2) is 65.8 Å². The van der Waals surface area contributed by atoms with Gasteiger partial charge in [-0.25, -0.2) is 9.18 Å². The minimum atomic E-state index is -1.01. The summed E-state index contributed by atoms with van der Waals surface area (Å²) in [5.41, 5.74) is 8.55. The molecule has 3 aromatic carbocycles. The number of nitrogens with zero attached hydrogens (tertiary/aromatic N) is 3. The molecule has 1 aliphatic carbocycles. The second-order valence-electron chi connectivity index (χ2n) is 9.03. The number of carboxylic acids is 1. The van der Waals surface area contributed by atoms with Gasteiger partial charge in [-0.15, -0.1) is 0 Å². The largest absolute Gasteiger partial charge is 0.494 e. The third-order valence-corrected chi connectivity index (χ3v) is 7.10. The molecule has 0 aliphatic heterocycles.